The highest BCUT2D eigenvalue weighted by Crippen LogP contribution is 2.32. The molecule has 0 saturated heterocycles. The summed E-state index contributed by atoms with van der Waals surface area (Å²) in [5, 5.41) is 7.61. The van der Waals surface area contributed by atoms with E-state index >= 15 is 0 Å². The van der Waals surface area contributed by atoms with Gasteiger partial charge in [-0.25, -0.2) is 0 Å². The monoisotopic (exact) mass is 371 g/mol. The number of aryl methyl sites for hydroxylation is 2. The van der Waals surface area contributed by atoms with Crippen LogP contribution in [-0.4, -0.2) is 16.8 Å². The highest BCUT2D eigenvalue weighted by Gasteiger charge is 2.21. The first-order valence-electron chi connectivity index (χ1n) is 5.65. The van der Waals surface area contributed by atoms with Gasteiger partial charge in [0.25, 0.3) is 0 Å². The molecule has 0 bridgehead atoms. The van der Waals surface area contributed by atoms with Crippen molar-refractivity contribution in [1.29, 1.82) is 0 Å². The first-order valence-corrected chi connectivity index (χ1v) is 7.24. The molecule has 0 radical (unpaired) electrons. The number of nitrogens with one attached hydrogen (secondary N) is 1. The number of hydrogen-bond donors (Lipinski definition) is 1. The standard InChI is InChI=1S/C13H15Br2N3/c1-8-4-5-9(10(14)6-8)12(16-2)13-11(15)7-17-18(13)3/h4-7,12,16H,1-3H3. The van der Waals surface area contributed by atoms with Gasteiger partial charge in [0.2, 0.25) is 0 Å². The molecule has 0 aliphatic heterocycles. The van der Waals surface area contributed by atoms with Crippen LogP contribution in [0.2, 0.25) is 0 Å². The molecule has 0 aliphatic rings. The van der Waals surface area contributed by atoms with Crippen molar-refractivity contribution in [3.8, 4) is 0 Å². The Balaban J connectivity index is 2.52. The molecule has 1 N–H and O–H groups in total. The molecular weight excluding hydrogens is 358 g/mol. The van der Waals surface area contributed by atoms with Crippen LogP contribution in [0, 0.1) is 6.92 Å². The second-order valence-electron chi connectivity index (χ2n) is 4.25. The summed E-state index contributed by atoms with van der Waals surface area (Å²) in [5.74, 6) is 0. The summed E-state index contributed by atoms with van der Waals surface area (Å²) in [4.78, 5) is 0. The van der Waals surface area contributed by atoms with Crippen LogP contribution < -0.4 is 5.32 Å². The molecule has 0 spiro atoms. The van der Waals surface area contributed by atoms with E-state index in [1.54, 1.807) is 0 Å². The van der Waals surface area contributed by atoms with Gasteiger partial charge in [0.15, 0.2) is 0 Å². The van der Waals surface area contributed by atoms with Crippen LogP contribution in [-0.2, 0) is 7.05 Å². The fraction of sp³-hybridized carbons (Fsp3) is 0.308. The van der Waals surface area contributed by atoms with E-state index in [0.717, 1.165) is 14.6 Å². The first kappa shape index (κ1) is 13.8. The lowest BCUT2D eigenvalue weighted by atomic mass is 10.0. The molecule has 0 saturated carbocycles. The third-order valence-electron chi connectivity index (χ3n) is 2.97. The lowest BCUT2D eigenvalue weighted by molar-refractivity contribution is 0.602. The van der Waals surface area contributed by atoms with Crippen molar-refractivity contribution >= 4 is 31.9 Å². The molecule has 5 heteroatoms. The molecule has 0 fully saturated rings. The maximum atomic E-state index is 4.27. The Kier molecular flexibility index (Phi) is 4.25. The van der Waals surface area contributed by atoms with Crippen LogP contribution >= 0.6 is 31.9 Å². The highest BCUT2D eigenvalue weighted by atomic mass is 79.9. The zero-order valence-electron chi connectivity index (χ0n) is 10.5. The largest absolute Gasteiger partial charge is 0.308 e. The molecule has 1 aromatic carbocycles. The molecule has 2 aromatic rings. The van der Waals surface area contributed by atoms with Gasteiger partial charge in [-0.3, -0.25) is 4.68 Å². The van der Waals surface area contributed by atoms with Crippen LogP contribution in [0.4, 0.5) is 0 Å². The van der Waals surface area contributed by atoms with Gasteiger partial charge >= 0.3 is 0 Å². The number of rotatable bonds is 3. The van der Waals surface area contributed by atoms with E-state index in [1.165, 1.54) is 11.1 Å². The average Bonchev–Trinajstić information content (AvgIpc) is 2.64. The zero-order valence-corrected chi connectivity index (χ0v) is 13.7. The van der Waals surface area contributed by atoms with E-state index in [9.17, 15) is 0 Å². The Morgan fingerprint density at radius 1 is 1.28 bits per heavy atom. The average molecular weight is 373 g/mol. The molecule has 1 aromatic heterocycles. The Bertz CT molecular complexity index is 544. The van der Waals surface area contributed by atoms with Crippen molar-refractivity contribution in [2.45, 2.75) is 13.0 Å². The van der Waals surface area contributed by atoms with E-state index in [4.69, 9.17) is 0 Å². The summed E-state index contributed by atoms with van der Waals surface area (Å²) in [6.45, 7) is 2.09. The summed E-state index contributed by atoms with van der Waals surface area (Å²) in [6.07, 6.45) is 1.82. The fourth-order valence-electron chi connectivity index (χ4n) is 2.05. The Labute approximate surface area is 124 Å². The van der Waals surface area contributed by atoms with Gasteiger partial charge < -0.3 is 5.32 Å². The third-order valence-corrected chi connectivity index (χ3v) is 4.26. The predicted molar refractivity (Wildman–Crippen MR) is 80.7 cm³/mol. The van der Waals surface area contributed by atoms with Crippen molar-refractivity contribution in [3.63, 3.8) is 0 Å². The van der Waals surface area contributed by atoms with Gasteiger partial charge in [0, 0.05) is 11.5 Å². The Morgan fingerprint density at radius 3 is 2.50 bits per heavy atom. The molecule has 0 aliphatic carbocycles. The normalized spacial score (nSPS) is 12.7. The highest BCUT2D eigenvalue weighted by molar-refractivity contribution is 9.10. The molecule has 1 unspecified atom stereocenters. The van der Waals surface area contributed by atoms with Gasteiger partial charge in [0.1, 0.15) is 0 Å². The van der Waals surface area contributed by atoms with Crippen LogP contribution in [0.25, 0.3) is 0 Å². The Hall–Kier alpha value is -0.650. The molecule has 0 amide bonds. The van der Waals surface area contributed by atoms with Crippen LogP contribution in [0.5, 0.6) is 0 Å². The van der Waals surface area contributed by atoms with Crippen LogP contribution in [0.3, 0.4) is 0 Å². The van der Waals surface area contributed by atoms with Gasteiger partial charge in [-0.1, -0.05) is 28.1 Å². The maximum absolute atomic E-state index is 4.27. The van der Waals surface area contributed by atoms with E-state index < -0.39 is 0 Å². The van der Waals surface area contributed by atoms with E-state index in [1.807, 2.05) is 25.0 Å². The van der Waals surface area contributed by atoms with Crippen molar-refractivity contribution in [2.75, 3.05) is 7.05 Å². The first-order chi connectivity index (χ1) is 8.54. The van der Waals surface area contributed by atoms with Crippen LogP contribution in [0.15, 0.2) is 33.3 Å². The van der Waals surface area contributed by atoms with E-state index in [2.05, 4.69) is 67.4 Å². The summed E-state index contributed by atoms with van der Waals surface area (Å²) < 4.78 is 4.00. The minimum Gasteiger partial charge on any atom is -0.308 e. The number of nitrogens with zero attached hydrogens (tertiary/aromatic N) is 2. The topological polar surface area (TPSA) is 29.9 Å². The molecule has 1 heterocycles. The number of hydrogen-bond acceptors (Lipinski definition) is 2. The van der Waals surface area contributed by atoms with Crippen molar-refractivity contribution in [2.24, 2.45) is 7.05 Å². The minimum absolute atomic E-state index is 0.0989. The zero-order chi connectivity index (χ0) is 13.3. The second kappa shape index (κ2) is 5.55. The molecule has 96 valence electrons. The van der Waals surface area contributed by atoms with E-state index in [0.29, 0.717) is 0 Å². The molecule has 1 atom stereocenters. The van der Waals surface area contributed by atoms with Gasteiger partial charge in [-0.05, 0) is 47.1 Å². The summed E-state index contributed by atoms with van der Waals surface area (Å²) in [6, 6.07) is 6.49. The van der Waals surface area contributed by atoms with Crippen molar-refractivity contribution in [3.05, 3.63) is 50.2 Å². The van der Waals surface area contributed by atoms with Crippen LogP contribution in [0.1, 0.15) is 22.9 Å². The molecule has 2 rings (SSSR count). The Morgan fingerprint density at radius 2 is 2.00 bits per heavy atom. The van der Waals surface area contributed by atoms with Crippen molar-refractivity contribution < 1.29 is 0 Å². The van der Waals surface area contributed by atoms with E-state index in [-0.39, 0.29) is 6.04 Å². The summed E-state index contributed by atoms with van der Waals surface area (Å²) >= 11 is 7.19. The lowest BCUT2D eigenvalue weighted by Crippen LogP contribution is -2.21. The third kappa shape index (κ3) is 2.53. The number of aromatic nitrogens is 2. The SMILES string of the molecule is CNC(c1ccc(C)cc1Br)c1c(Br)cnn1C. The smallest absolute Gasteiger partial charge is 0.0768 e. The van der Waals surface area contributed by atoms with Gasteiger partial charge in [-0.2, -0.15) is 5.10 Å². The molecule has 3 nitrogen and oxygen atoms in total. The summed E-state index contributed by atoms with van der Waals surface area (Å²) in [5.41, 5.74) is 3.55. The fourth-order valence-corrected chi connectivity index (χ4v) is 3.35. The predicted octanol–water partition coefficient (Wildman–Crippen LogP) is 3.56. The van der Waals surface area contributed by atoms with Gasteiger partial charge in [0.05, 0.1) is 22.4 Å². The lowest BCUT2D eigenvalue weighted by Gasteiger charge is -2.19. The second-order valence-corrected chi connectivity index (χ2v) is 5.96. The number of halogens is 2. The molecular formula is C13H15Br2N3. The quantitative estimate of drug-likeness (QED) is 0.892. The van der Waals surface area contributed by atoms with Gasteiger partial charge in [-0.15, -0.1) is 0 Å². The number of benzene rings is 1. The minimum atomic E-state index is 0.0989. The molecule has 18 heavy (non-hydrogen) atoms. The van der Waals surface area contributed by atoms with Crippen molar-refractivity contribution in [1.82, 2.24) is 15.1 Å². The maximum Gasteiger partial charge on any atom is 0.0768 e. The summed E-state index contributed by atoms with van der Waals surface area (Å²) in [7, 11) is 3.91.